The molecule has 1 atom stereocenters. The van der Waals surface area contributed by atoms with E-state index in [-0.39, 0.29) is 24.0 Å². The molecule has 1 aromatic rings. The van der Waals surface area contributed by atoms with E-state index in [9.17, 15) is 23.7 Å². The van der Waals surface area contributed by atoms with Crippen LogP contribution in [0.1, 0.15) is 18.5 Å². The van der Waals surface area contributed by atoms with Crippen LogP contribution in [-0.2, 0) is 9.53 Å². The highest BCUT2D eigenvalue weighted by atomic mass is 35.5. The number of rotatable bonds is 5. The van der Waals surface area contributed by atoms with Crippen LogP contribution in [0.5, 0.6) is 0 Å². The summed E-state index contributed by atoms with van der Waals surface area (Å²) in [6, 6.07) is 0.801. The molecule has 1 rings (SSSR count). The smallest absolute Gasteiger partial charge is 0.379 e. The van der Waals surface area contributed by atoms with E-state index >= 15 is 0 Å². The number of ether oxygens (including phenoxy) is 1. The van der Waals surface area contributed by atoms with Crippen molar-refractivity contribution in [1.82, 2.24) is 0 Å². The van der Waals surface area contributed by atoms with Crippen LogP contribution in [0.15, 0.2) is 18.2 Å². The number of nitrogens with zero attached hydrogens (tertiary/aromatic N) is 1. The standard InChI is InChI=1S/C11H11ClF2N2O4.ClH/c1-2-20-10(17)11(13,14)9(15)7-5-6(12)3-4-8(7)16(18)19;/h3-5,9H,2,15H2,1H3;1H/t9-;/m1./s1. The second-order valence-corrected chi connectivity index (χ2v) is 4.22. The number of alkyl halides is 2. The van der Waals surface area contributed by atoms with Gasteiger partial charge in [-0.1, -0.05) is 11.6 Å². The van der Waals surface area contributed by atoms with Gasteiger partial charge in [0, 0.05) is 11.1 Å². The van der Waals surface area contributed by atoms with E-state index in [0.29, 0.717) is 0 Å². The predicted molar refractivity (Wildman–Crippen MR) is 73.9 cm³/mol. The van der Waals surface area contributed by atoms with Crippen LogP contribution in [0.25, 0.3) is 0 Å². The number of benzene rings is 1. The maximum Gasteiger partial charge on any atom is 0.379 e. The summed E-state index contributed by atoms with van der Waals surface area (Å²) in [6.07, 6.45) is 0. The Kier molecular flexibility index (Phi) is 6.95. The Morgan fingerprint density at radius 3 is 2.62 bits per heavy atom. The van der Waals surface area contributed by atoms with Gasteiger partial charge in [0.15, 0.2) is 0 Å². The van der Waals surface area contributed by atoms with E-state index in [1.165, 1.54) is 13.0 Å². The third-order valence-electron chi connectivity index (χ3n) is 2.46. The predicted octanol–water partition coefficient (Wildman–Crippen LogP) is 2.87. The number of nitro groups is 1. The van der Waals surface area contributed by atoms with Crippen molar-refractivity contribution in [3.63, 3.8) is 0 Å². The topological polar surface area (TPSA) is 95.5 Å². The van der Waals surface area contributed by atoms with Gasteiger partial charge < -0.3 is 10.5 Å². The van der Waals surface area contributed by atoms with Gasteiger partial charge in [-0.05, 0) is 19.1 Å². The molecule has 0 spiro atoms. The van der Waals surface area contributed by atoms with Gasteiger partial charge in [0.25, 0.3) is 5.69 Å². The number of nitro benzene ring substituents is 1. The van der Waals surface area contributed by atoms with Crippen molar-refractivity contribution in [3.05, 3.63) is 38.9 Å². The Labute approximate surface area is 129 Å². The van der Waals surface area contributed by atoms with Crippen molar-refractivity contribution >= 4 is 35.7 Å². The average Bonchev–Trinajstić information content (AvgIpc) is 2.37. The van der Waals surface area contributed by atoms with E-state index in [1.807, 2.05) is 0 Å². The molecule has 0 aliphatic rings. The van der Waals surface area contributed by atoms with Gasteiger partial charge >= 0.3 is 11.9 Å². The summed E-state index contributed by atoms with van der Waals surface area (Å²) in [5, 5.41) is 10.8. The molecule has 0 aromatic heterocycles. The summed E-state index contributed by atoms with van der Waals surface area (Å²) < 4.78 is 31.8. The lowest BCUT2D eigenvalue weighted by molar-refractivity contribution is -0.386. The molecule has 0 aliphatic carbocycles. The number of nitrogens with two attached hydrogens (primary N) is 1. The van der Waals surface area contributed by atoms with Gasteiger partial charge in [-0.25, -0.2) is 4.79 Å². The summed E-state index contributed by atoms with van der Waals surface area (Å²) in [5.41, 5.74) is 4.11. The van der Waals surface area contributed by atoms with Crippen molar-refractivity contribution in [3.8, 4) is 0 Å². The number of carbonyl (C=O) groups is 1. The first-order valence-corrected chi connectivity index (χ1v) is 5.84. The summed E-state index contributed by atoms with van der Waals surface area (Å²) in [7, 11) is 0. The third-order valence-corrected chi connectivity index (χ3v) is 2.69. The summed E-state index contributed by atoms with van der Waals surface area (Å²) >= 11 is 5.62. The Balaban J connectivity index is 0.00000400. The fourth-order valence-corrected chi connectivity index (χ4v) is 1.67. The molecule has 21 heavy (non-hydrogen) atoms. The van der Waals surface area contributed by atoms with Crippen LogP contribution >= 0.6 is 24.0 Å². The van der Waals surface area contributed by atoms with Crippen LogP contribution in [0, 0.1) is 10.1 Å². The molecule has 0 aliphatic heterocycles. The fourth-order valence-electron chi connectivity index (χ4n) is 1.49. The monoisotopic (exact) mass is 344 g/mol. The third kappa shape index (κ3) is 4.23. The van der Waals surface area contributed by atoms with E-state index in [1.54, 1.807) is 0 Å². The Morgan fingerprint density at radius 1 is 1.57 bits per heavy atom. The lowest BCUT2D eigenvalue weighted by Crippen LogP contribution is -2.42. The molecule has 2 N–H and O–H groups in total. The first kappa shape index (κ1) is 19.5. The minimum atomic E-state index is -4.11. The summed E-state index contributed by atoms with van der Waals surface area (Å²) in [6.45, 7) is 1.08. The first-order valence-electron chi connectivity index (χ1n) is 5.46. The molecule has 6 nitrogen and oxygen atoms in total. The van der Waals surface area contributed by atoms with Gasteiger partial charge in [-0.2, -0.15) is 8.78 Å². The highest BCUT2D eigenvalue weighted by molar-refractivity contribution is 6.30. The highest BCUT2D eigenvalue weighted by Gasteiger charge is 2.49. The van der Waals surface area contributed by atoms with Gasteiger partial charge in [-0.3, -0.25) is 10.1 Å². The van der Waals surface area contributed by atoms with Crippen molar-refractivity contribution in [2.45, 2.75) is 18.9 Å². The minimum absolute atomic E-state index is 0. The normalized spacial score (nSPS) is 12.2. The maximum atomic E-state index is 13.8. The molecular formula is C11H12Cl2F2N2O4. The Bertz CT molecular complexity index is 543. The lowest BCUT2D eigenvalue weighted by Gasteiger charge is -2.21. The quantitative estimate of drug-likeness (QED) is 0.503. The van der Waals surface area contributed by atoms with Crippen LogP contribution in [0.2, 0.25) is 5.02 Å². The van der Waals surface area contributed by atoms with Crippen LogP contribution in [0.4, 0.5) is 14.5 Å². The number of hydrogen-bond acceptors (Lipinski definition) is 5. The summed E-state index contributed by atoms with van der Waals surface area (Å²) in [5.74, 6) is -5.95. The molecule has 1 aromatic carbocycles. The molecular weight excluding hydrogens is 333 g/mol. The van der Waals surface area contributed by atoms with Gasteiger partial charge in [-0.15, -0.1) is 12.4 Å². The highest BCUT2D eigenvalue weighted by Crippen LogP contribution is 2.36. The molecule has 10 heteroatoms. The number of carbonyl (C=O) groups excluding carboxylic acids is 1. The van der Waals surface area contributed by atoms with E-state index in [4.69, 9.17) is 17.3 Å². The van der Waals surface area contributed by atoms with Crippen molar-refractivity contribution in [2.75, 3.05) is 6.61 Å². The first-order chi connectivity index (χ1) is 9.21. The summed E-state index contributed by atoms with van der Waals surface area (Å²) in [4.78, 5) is 21.1. The van der Waals surface area contributed by atoms with Gasteiger partial charge in [0.2, 0.25) is 0 Å². The van der Waals surface area contributed by atoms with Crippen LogP contribution in [-0.4, -0.2) is 23.4 Å². The zero-order valence-corrected chi connectivity index (χ0v) is 12.3. The Morgan fingerprint density at radius 2 is 2.14 bits per heavy atom. The fraction of sp³-hybridized carbons (Fsp3) is 0.364. The van der Waals surface area contributed by atoms with Gasteiger partial charge in [0.1, 0.15) is 6.04 Å². The largest absolute Gasteiger partial charge is 0.462 e. The van der Waals surface area contributed by atoms with Crippen LogP contribution in [0.3, 0.4) is 0 Å². The average molecular weight is 345 g/mol. The SMILES string of the molecule is CCOC(=O)C(F)(F)[C@H](N)c1cc(Cl)ccc1[N+](=O)[O-].Cl. The van der Waals surface area contributed by atoms with Crippen molar-refractivity contribution in [1.29, 1.82) is 0 Å². The van der Waals surface area contributed by atoms with E-state index in [2.05, 4.69) is 4.74 Å². The second kappa shape index (κ2) is 7.48. The maximum absolute atomic E-state index is 13.8. The number of halogens is 4. The van der Waals surface area contributed by atoms with E-state index < -0.39 is 34.1 Å². The molecule has 0 saturated heterocycles. The molecule has 0 unspecified atom stereocenters. The molecule has 0 bridgehead atoms. The molecule has 0 radical (unpaired) electrons. The molecule has 0 amide bonds. The zero-order valence-electron chi connectivity index (χ0n) is 10.7. The van der Waals surface area contributed by atoms with Gasteiger partial charge in [0.05, 0.1) is 17.1 Å². The van der Waals surface area contributed by atoms with E-state index in [0.717, 1.165) is 12.1 Å². The van der Waals surface area contributed by atoms with Crippen molar-refractivity contribution in [2.24, 2.45) is 5.73 Å². The zero-order chi connectivity index (χ0) is 15.5. The molecule has 0 heterocycles. The lowest BCUT2D eigenvalue weighted by atomic mass is 9.99. The number of esters is 1. The molecule has 118 valence electrons. The van der Waals surface area contributed by atoms with Crippen molar-refractivity contribution < 1.29 is 23.2 Å². The number of hydrogen-bond donors (Lipinski definition) is 1. The molecule has 0 saturated carbocycles. The Hall–Kier alpha value is -1.51. The molecule has 0 fully saturated rings. The minimum Gasteiger partial charge on any atom is -0.462 e. The van der Waals surface area contributed by atoms with Crippen LogP contribution < -0.4 is 5.73 Å². The second-order valence-electron chi connectivity index (χ2n) is 3.78.